The van der Waals surface area contributed by atoms with Crippen LogP contribution in [0.4, 0.5) is 10.1 Å². The van der Waals surface area contributed by atoms with Crippen molar-refractivity contribution in [3.8, 4) is 11.5 Å². The van der Waals surface area contributed by atoms with E-state index in [0.29, 0.717) is 5.56 Å². The van der Waals surface area contributed by atoms with Crippen molar-refractivity contribution in [2.24, 2.45) is 0 Å². The van der Waals surface area contributed by atoms with Crippen molar-refractivity contribution in [3.63, 3.8) is 0 Å². The van der Waals surface area contributed by atoms with Gasteiger partial charge in [0.15, 0.2) is 11.5 Å². The average molecular weight is 441 g/mol. The maximum atomic E-state index is 13.0. The molecule has 32 heavy (non-hydrogen) atoms. The van der Waals surface area contributed by atoms with E-state index in [9.17, 15) is 28.9 Å². The monoisotopic (exact) mass is 441 g/mol. The average Bonchev–Trinajstić information content (AvgIpc) is 2.73. The number of benzene rings is 2. The third-order valence-corrected chi connectivity index (χ3v) is 4.12. The molecule has 1 heterocycles. The minimum absolute atomic E-state index is 0.105. The number of nitrogens with one attached hydrogen (secondary N) is 2. The Hall–Kier alpha value is -4.54. The molecule has 0 aliphatic carbocycles. The number of halogens is 1. The van der Waals surface area contributed by atoms with Crippen molar-refractivity contribution in [2.75, 3.05) is 6.61 Å². The highest BCUT2D eigenvalue weighted by Gasteiger charge is 2.19. The van der Waals surface area contributed by atoms with E-state index in [1.165, 1.54) is 42.5 Å². The number of carbonyl (C=O) groups excluding carboxylic acids is 1. The number of aromatic amines is 2. The summed E-state index contributed by atoms with van der Waals surface area (Å²) in [4.78, 5) is 49.7. The van der Waals surface area contributed by atoms with Crippen molar-refractivity contribution >= 4 is 23.8 Å². The Morgan fingerprint density at radius 3 is 2.47 bits per heavy atom. The highest BCUT2D eigenvalue weighted by molar-refractivity contribution is 5.91. The Bertz CT molecular complexity index is 1310. The van der Waals surface area contributed by atoms with E-state index in [1.807, 2.05) is 0 Å². The number of hydrogen-bond acceptors (Lipinski definition) is 7. The molecule has 1 aromatic heterocycles. The van der Waals surface area contributed by atoms with Gasteiger partial charge in [-0.1, -0.05) is 12.1 Å². The molecule has 0 saturated heterocycles. The number of carbonyl (C=O) groups is 1. The van der Waals surface area contributed by atoms with Gasteiger partial charge in [0.2, 0.25) is 0 Å². The zero-order chi connectivity index (χ0) is 23.3. The van der Waals surface area contributed by atoms with Gasteiger partial charge in [-0.25, -0.2) is 14.0 Å². The van der Waals surface area contributed by atoms with Crippen LogP contribution in [-0.2, 0) is 0 Å². The lowest BCUT2D eigenvalue weighted by Gasteiger charge is -2.11. The Balaban J connectivity index is 1.90. The number of nitrogens with zero attached hydrogens (tertiary/aromatic N) is 1. The van der Waals surface area contributed by atoms with Crippen LogP contribution in [0.3, 0.4) is 0 Å². The lowest BCUT2D eigenvalue weighted by atomic mass is 10.1. The van der Waals surface area contributed by atoms with E-state index in [2.05, 4.69) is 4.98 Å². The van der Waals surface area contributed by atoms with E-state index in [-0.39, 0.29) is 29.4 Å². The smallest absolute Gasteiger partial charge is 0.357 e. The van der Waals surface area contributed by atoms with Crippen LogP contribution in [0.2, 0.25) is 0 Å². The number of rotatable bonds is 7. The third-order valence-electron chi connectivity index (χ3n) is 4.12. The Kier molecular flexibility index (Phi) is 6.59. The molecule has 2 aromatic carbocycles. The molecular weight excluding hydrogens is 425 g/mol. The normalized spacial score (nSPS) is 10.8. The van der Waals surface area contributed by atoms with Crippen LogP contribution < -0.4 is 20.7 Å². The first-order valence-electron chi connectivity index (χ1n) is 9.22. The lowest BCUT2D eigenvalue weighted by Crippen LogP contribution is -2.25. The summed E-state index contributed by atoms with van der Waals surface area (Å²) in [6.07, 6.45) is 2.61. The van der Waals surface area contributed by atoms with E-state index < -0.39 is 33.6 Å². The molecule has 0 fully saturated rings. The van der Waals surface area contributed by atoms with Crippen LogP contribution in [0.1, 0.15) is 28.5 Å². The first kappa shape index (κ1) is 22.2. The van der Waals surface area contributed by atoms with Gasteiger partial charge in [0, 0.05) is 0 Å². The summed E-state index contributed by atoms with van der Waals surface area (Å²) in [6.45, 7) is 1.97. The molecule has 0 radical (unpaired) electrons. The number of hydrogen-bond donors (Lipinski definition) is 2. The summed E-state index contributed by atoms with van der Waals surface area (Å²) >= 11 is 0. The fourth-order valence-electron chi connectivity index (χ4n) is 2.70. The summed E-state index contributed by atoms with van der Waals surface area (Å²) in [5.74, 6) is -0.895. The number of nitro groups is 1. The Labute approximate surface area is 179 Å². The molecule has 0 spiro atoms. The minimum Gasteiger partial charge on any atom is -0.490 e. The molecule has 0 aliphatic heterocycles. The van der Waals surface area contributed by atoms with Gasteiger partial charge in [-0.3, -0.25) is 19.9 Å². The predicted molar refractivity (Wildman–Crippen MR) is 112 cm³/mol. The highest BCUT2D eigenvalue weighted by atomic mass is 19.1. The molecule has 3 aromatic rings. The quantitative estimate of drug-likeness (QED) is 0.248. The van der Waals surface area contributed by atoms with Crippen molar-refractivity contribution in [2.45, 2.75) is 6.92 Å². The summed E-state index contributed by atoms with van der Waals surface area (Å²) < 4.78 is 23.9. The van der Waals surface area contributed by atoms with E-state index in [4.69, 9.17) is 9.47 Å². The molecule has 164 valence electrons. The number of H-pyrrole nitrogens is 2. The van der Waals surface area contributed by atoms with Gasteiger partial charge in [0.05, 0.1) is 17.1 Å². The second-order valence-electron chi connectivity index (χ2n) is 6.30. The highest BCUT2D eigenvalue weighted by Crippen LogP contribution is 2.30. The van der Waals surface area contributed by atoms with Crippen LogP contribution in [0.25, 0.3) is 12.2 Å². The molecule has 0 atom stereocenters. The molecular formula is C21H16FN3O7. The van der Waals surface area contributed by atoms with E-state index in [1.54, 1.807) is 11.9 Å². The summed E-state index contributed by atoms with van der Waals surface area (Å²) in [5, 5.41) is 11.1. The van der Waals surface area contributed by atoms with Crippen LogP contribution in [0.5, 0.6) is 11.5 Å². The topological polar surface area (TPSA) is 144 Å². The molecule has 0 unspecified atom stereocenters. The maximum Gasteiger partial charge on any atom is 0.357 e. The van der Waals surface area contributed by atoms with Crippen molar-refractivity contribution in [1.82, 2.24) is 9.97 Å². The van der Waals surface area contributed by atoms with Crippen LogP contribution in [0.15, 0.2) is 52.1 Å². The van der Waals surface area contributed by atoms with Crippen molar-refractivity contribution in [3.05, 3.63) is 96.1 Å². The Morgan fingerprint density at radius 2 is 1.81 bits per heavy atom. The van der Waals surface area contributed by atoms with Crippen LogP contribution in [0, 0.1) is 15.9 Å². The lowest BCUT2D eigenvalue weighted by molar-refractivity contribution is -0.386. The van der Waals surface area contributed by atoms with Crippen LogP contribution >= 0.6 is 0 Å². The summed E-state index contributed by atoms with van der Waals surface area (Å²) in [5.41, 5.74) is -2.49. The van der Waals surface area contributed by atoms with Gasteiger partial charge in [0.1, 0.15) is 11.5 Å². The van der Waals surface area contributed by atoms with Crippen molar-refractivity contribution in [1.29, 1.82) is 0 Å². The fourth-order valence-corrected chi connectivity index (χ4v) is 2.70. The molecule has 11 heteroatoms. The zero-order valence-electron chi connectivity index (χ0n) is 16.6. The van der Waals surface area contributed by atoms with Gasteiger partial charge in [-0.2, -0.15) is 0 Å². The van der Waals surface area contributed by atoms with Gasteiger partial charge in [-0.15, -0.1) is 0 Å². The van der Waals surface area contributed by atoms with Gasteiger partial charge < -0.3 is 14.5 Å². The first-order chi connectivity index (χ1) is 15.3. The third kappa shape index (κ3) is 5.14. The largest absolute Gasteiger partial charge is 0.490 e. The van der Waals surface area contributed by atoms with Gasteiger partial charge >= 0.3 is 22.9 Å². The SMILES string of the molecule is CCOc1cc(/C=C/c2[nH]c(=O)[nH]c(=O)c2[N+](=O)[O-])ccc1OC(=O)c1ccc(F)cc1. The molecule has 0 amide bonds. The number of aromatic nitrogens is 2. The number of ether oxygens (including phenoxy) is 2. The van der Waals surface area contributed by atoms with Crippen molar-refractivity contribution < 1.29 is 23.6 Å². The predicted octanol–water partition coefficient (Wildman–Crippen LogP) is 2.90. The standard InChI is InChI=1S/C21H16FN3O7/c1-2-31-17-11-12(3-9-15-18(25(29)30)19(26)24-21(28)23-15)4-10-16(17)32-20(27)13-5-7-14(22)8-6-13/h3-11H,2H2,1H3,(H2,23,24,26,28)/b9-3+. The number of esters is 1. The molecule has 0 saturated carbocycles. The maximum absolute atomic E-state index is 13.0. The van der Waals surface area contributed by atoms with Gasteiger partial charge in [-0.05, 0) is 55.0 Å². The molecule has 3 rings (SSSR count). The van der Waals surface area contributed by atoms with E-state index >= 15 is 0 Å². The van der Waals surface area contributed by atoms with Crippen LogP contribution in [-0.4, -0.2) is 27.5 Å². The zero-order valence-corrected chi connectivity index (χ0v) is 16.6. The summed E-state index contributed by atoms with van der Waals surface area (Å²) in [7, 11) is 0. The minimum atomic E-state index is -1.13. The van der Waals surface area contributed by atoms with E-state index in [0.717, 1.165) is 12.1 Å². The second-order valence-corrected chi connectivity index (χ2v) is 6.30. The fraction of sp³-hybridized carbons (Fsp3) is 0.0952. The Morgan fingerprint density at radius 1 is 1.09 bits per heavy atom. The molecule has 2 N–H and O–H groups in total. The van der Waals surface area contributed by atoms with Gasteiger partial charge in [0.25, 0.3) is 0 Å². The first-order valence-corrected chi connectivity index (χ1v) is 9.22. The second kappa shape index (κ2) is 9.51. The molecule has 0 aliphatic rings. The summed E-state index contributed by atoms with van der Waals surface area (Å²) in [6, 6.07) is 9.31. The molecule has 10 nitrogen and oxygen atoms in total. The molecule has 0 bridgehead atoms.